The second kappa shape index (κ2) is 16.5. The van der Waals surface area contributed by atoms with Gasteiger partial charge in [0.25, 0.3) is 0 Å². The zero-order valence-electron chi connectivity index (χ0n) is 28.9. The number of nitrogens with zero attached hydrogens (tertiary/aromatic N) is 1. The molecule has 0 saturated carbocycles. The molecule has 0 aromatic heterocycles. The summed E-state index contributed by atoms with van der Waals surface area (Å²) >= 11 is 0. The van der Waals surface area contributed by atoms with Crippen LogP contribution in [0.2, 0.25) is 0 Å². The molecule has 266 valence electrons. The Hall–Kier alpha value is -4.16. The molecule has 2 aliphatic heterocycles. The van der Waals surface area contributed by atoms with Crippen LogP contribution in [0.4, 0.5) is 0 Å². The Kier molecular flexibility index (Phi) is 12.2. The van der Waals surface area contributed by atoms with Crippen LogP contribution >= 0.6 is 0 Å². The third-order valence-electron chi connectivity index (χ3n) is 9.18. The summed E-state index contributed by atoms with van der Waals surface area (Å²) in [7, 11) is 0. The van der Waals surface area contributed by atoms with Crippen molar-refractivity contribution in [1.82, 2.24) is 4.90 Å². The summed E-state index contributed by atoms with van der Waals surface area (Å²) in [5, 5.41) is 0. The van der Waals surface area contributed by atoms with E-state index in [0.29, 0.717) is 23.5 Å². The fraction of sp³-hybridized carbons (Fsp3) is 0.568. The highest BCUT2D eigenvalue weighted by molar-refractivity contribution is 5.69. The van der Waals surface area contributed by atoms with E-state index < -0.39 is 54.6 Å². The minimum atomic E-state index is -1.37. The lowest BCUT2D eigenvalue weighted by atomic mass is 9.75. The molecule has 0 unspecified atom stereocenters. The van der Waals surface area contributed by atoms with Gasteiger partial charge in [0.1, 0.15) is 19.3 Å². The maximum atomic E-state index is 12.5. The molecule has 2 aromatic carbocycles. The van der Waals surface area contributed by atoms with Gasteiger partial charge < -0.3 is 33.2 Å². The van der Waals surface area contributed by atoms with Gasteiger partial charge in [-0.1, -0.05) is 43.3 Å². The summed E-state index contributed by atoms with van der Waals surface area (Å²) in [6.07, 6.45) is -1.63. The first kappa shape index (κ1) is 36.1. The molecule has 0 N–H and O–H groups in total. The molecule has 0 spiro atoms. The topological polar surface area (TPSA) is 136 Å². The lowest BCUT2D eigenvalue weighted by Crippen LogP contribution is -2.63. The number of rotatable bonds is 12. The summed E-state index contributed by atoms with van der Waals surface area (Å²) < 4.78 is 41.6. The van der Waals surface area contributed by atoms with Crippen molar-refractivity contribution in [3.8, 4) is 11.5 Å². The monoisotopic (exact) mass is 681 g/mol. The third-order valence-corrected chi connectivity index (χ3v) is 9.18. The van der Waals surface area contributed by atoms with Crippen molar-refractivity contribution in [3.05, 3.63) is 59.2 Å². The highest BCUT2D eigenvalue weighted by Crippen LogP contribution is 2.44. The average Bonchev–Trinajstić information content (AvgIpc) is 3.05. The van der Waals surface area contributed by atoms with Gasteiger partial charge in [0.2, 0.25) is 12.4 Å². The van der Waals surface area contributed by atoms with Crippen molar-refractivity contribution in [1.29, 1.82) is 0 Å². The number of hydrogen-bond donors (Lipinski definition) is 0. The highest BCUT2D eigenvalue weighted by atomic mass is 16.7. The first-order valence-corrected chi connectivity index (χ1v) is 17.1. The van der Waals surface area contributed by atoms with Crippen LogP contribution in [0.5, 0.6) is 11.5 Å². The van der Waals surface area contributed by atoms with Gasteiger partial charge in [-0.15, -0.1) is 0 Å². The van der Waals surface area contributed by atoms with Crippen molar-refractivity contribution in [2.75, 3.05) is 19.7 Å². The lowest BCUT2D eigenvalue weighted by molar-refractivity contribution is -0.288. The van der Waals surface area contributed by atoms with Crippen LogP contribution in [0, 0.1) is 5.92 Å². The van der Waals surface area contributed by atoms with E-state index in [1.54, 1.807) is 0 Å². The van der Waals surface area contributed by atoms with Crippen molar-refractivity contribution in [2.45, 2.75) is 110 Å². The lowest BCUT2D eigenvalue weighted by Gasteiger charge is -2.46. The standard InChI is InChI=1S/C37H47NO11/c1-6-16-38-17-10-13-28-18-29-27(19-30(28)38)14-15-31(44-20-26-11-8-7-9-12-26)33(29)49-37-36(47-25(5)42)35(46-24(4)41)34(45-23(3)40)32(48-37)21-43-22(2)39/h7-9,11-12,14-15,28,30,32,34-37H,6,10,13,16-21H2,1-5H3/t28-,30-,32-,34-,35+,36-,37+/m1/s1. The summed E-state index contributed by atoms with van der Waals surface area (Å²) in [6.45, 7) is 9.06. The molecule has 0 bridgehead atoms. The molecular formula is C37H47NO11. The van der Waals surface area contributed by atoms with E-state index in [-0.39, 0.29) is 13.2 Å². The maximum absolute atomic E-state index is 12.5. The van der Waals surface area contributed by atoms with Crippen LogP contribution in [-0.4, -0.2) is 85.2 Å². The van der Waals surface area contributed by atoms with Crippen molar-refractivity contribution >= 4 is 23.9 Å². The van der Waals surface area contributed by atoms with Crippen LogP contribution in [0.1, 0.15) is 70.6 Å². The van der Waals surface area contributed by atoms with E-state index in [4.69, 9.17) is 33.2 Å². The van der Waals surface area contributed by atoms with Gasteiger partial charge in [-0.3, -0.25) is 24.1 Å². The van der Waals surface area contributed by atoms with E-state index in [9.17, 15) is 19.2 Å². The molecule has 2 heterocycles. The van der Waals surface area contributed by atoms with E-state index >= 15 is 0 Å². The van der Waals surface area contributed by atoms with E-state index in [0.717, 1.165) is 61.9 Å². The molecule has 7 atom stereocenters. The van der Waals surface area contributed by atoms with Crippen LogP contribution in [-0.2, 0) is 62.3 Å². The second-order valence-corrected chi connectivity index (χ2v) is 12.9. The average molecular weight is 682 g/mol. The fourth-order valence-corrected chi connectivity index (χ4v) is 7.24. The Labute approximate surface area is 287 Å². The van der Waals surface area contributed by atoms with E-state index in [1.165, 1.54) is 27.7 Å². The zero-order chi connectivity index (χ0) is 35.1. The number of hydrogen-bond acceptors (Lipinski definition) is 12. The number of piperidine rings is 1. The number of esters is 4. The number of fused-ring (bicyclic) bond motifs is 2. The van der Waals surface area contributed by atoms with E-state index in [1.807, 2.05) is 36.4 Å². The molecule has 1 aliphatic carbocycles. The third kappa shape index (κ3) is 9.10. The largest absolute Gasteiger partial charge is 0.485 e. The van der Waals surface area contributed by atoms with Crippen LogP contribution < -0.4 is 9.47 Å². The molecule has 0 radical (unpaired) electrons. The Bertz CT molecular complexity index is 1480. The molecule has 2 fully saturated rings. The maximum Gasteiger partial charge on any atom is 0.303 e. The fourth-order valence-electron chi connectivity index (χ4n) is 7.24. The number of benzene rings is 2. The van der Waals surface area contributed by atoms with Gasteiger partial charge in [-0.2, -0.15) is 0 Å². The first-order valence-electron chi connectivity index (χ1n) is 17.1. The van der Waals surface area contributed by atoms with Crippen LogP contribution in [0.25, 0.3) is 0 Å². The van der Waals surface area contributed by atoms with Crippen molar-refractivity contribution in [2.24, 2.45) is 5.92 Å². The minimum Gasteiger partial charge on any atom is -0.485 e. The summed E-state index contributed by atoms with van der Waals surface area (Å²) in [6, 6.07) is 14.1. The van der Waals surface area contributed by atoms with E-state index in [2.05, 4.69) is 17.9 Å². The summed E-state index contributed by atoms with van der Waals surface area (Å²) in [5.74, 6) is -1.41. The Morgan fingerprint density at radius 2 is 1.53 bits per heavy atom. The first-order chi connectivity index (χ1) is 23.5. The number of ether oxygens (including phenoxy) is 7. The molecule has 5 rings (SSSR count). The minimum absolute atomic E-state index is 0.269. The Morgan fingerprint density at radius 1 is 0.837 bits per heavy atom. The van der Waals surface area contributed by atoms with Crippen molar-refractivity contribution < 1.29 is 52.3 Å². The number of carbonyl (C=O) groups is 4. The quantitative estimate of drug-likeness (QED) is 0.233. The Balaban J connectivity index is 1.56. The second-order valence-electron chi connectivity index (χ2n) is 12.9. The summed E-state index contributed by atoms with van der Waals surface area (Å²) in [5.41, 5.74) is 3.05. The van der Waals surface area contributed by atoms with Crippen LogP contribution in [0.15, 0.2) is 42.5 Å². The molecule has 3 aliphatic rings. The van der Waals surface area contributed by atoms with Gasteiger partial charge in [-0.25, -0.2) is 0 Å². The predicted octanol–water partition coefficient (Wildman–Crippen LogP) is 4.32. The molecule has 2 saturated heterocycles. The highest BCUT2D eigenvalue weighted by Gasteiger charge is 2.54. The molecule has 0 amide bonds. The molecule has 12 heteroatoms. The van der Waals surface area contributed by atoms with Gasteiger partial charge in [-0.05, 0) is 68.3 Å². The van der Waals surface area contributed by atoms with Crippen molar-refractivity contribution in [3.63, 3.8) is 0 Å². The SMILES string of the molecule is CCCN1CCC[C@@H]2Cc3c(ccc(OCc4ccccc4)c3O[C@@H]3O[C@H](COC(C)=O)[C@@H](OC(C)=O)[C@H](OC(C)=O)[C@H]3OC(C)=O)C[C@H]21. The van der Waals surface area contributed by atoms with Gasteiger partial charge in [0.15, 0.2) is 23.7 Å². The molecule has 12 nitrogen and oxygen atoms in total. The molecule has 49 heavy (non-hydrogen) atoms. The summed E-state index contributed by atoms with van der Waals surface area (Å²) in [4.78, 5) is 51.5. The Morgan fingerprint density at radius 3 is 2.20 bits per heavy atom. The normalized spacial score (nSPS) is 26.3. The molecule has 2 aromatic rings. The number of carbonyl (C=O) groups excluding carboxylic acids is 4. The predicted molar refractivity (Wildman–Crippen MR) is 176 cm³/mol. The molecular weight excluding hydrogens is 634 g/mol. The smallest absolute Gasteiger partial charge is 0.303 e. The van der Waals surface area contributed by atoms with Gasteiger partial charge in [0.05, 0.1) is 0 Å². The van der Waals surface area contributed by atoms with Crippen LogP contribution in [0.3, 0.4) is 0 Å². The van der Waals surface area contributed by atoms with Gasteiger partial charge in [0, 0.05) is 39.3 Å². The number of likely N-dealkylation sites (tertiary alicyclic amines) is 1. The zero-order valence-corrected chi connectivity index (χ0v) is 28.9. The van der Waals surface area contributed by atoms with Gasteiger partial charge >= 0.3 is 23.9 Å².